The molecule has 0 heterocycles. The van der Waals surface area contributed by atoms with Gasteiger partial charge in [0, 0.05) is 3.57 Å². The number of para-hydroxylation sites is 1. The Hall–Kier alpha value is -0.450. The molecule has 0 radical (unpaired) electrons. The standard InChI is InChI=1S/C13H9Cl2IO/c14-11-2-1-3-12(15)13(11)17-8-9-4-6-10(16)7-5-9/h1-7H,8H2. The number of hydrogen-bond donors (Lipinski definition) is 0. The van der Waals surface area contributed by atoms with Crippen LogP contribution in [0.5, 0.6) is 5.75 Å². The molecule has 2 aromatic carbocycles. The summed E-state index contributed by atoms with van der Waals surface area (Å²) in [6.07, 6.45) is 0. The molecule has 0 fully saturated rings. The zero-order chi connectivity index (χ0) is 12.3. The first-order chi connectivity index (χ1) is 8.16. The Labute approximate surface area is 124 Å². The first-order valence-corrected chi connectivity index (χ1v) is 6.81. The highest BCUT2D eigenvalue weighted by Gasteiger charge is 2.06. The third-order valence-corrected chi connectivity index (χ3v) is 3.53. The Morgan fingerprint density at radius 3 is 2.12 bits per heavy atom. The second kappa shape index (κ2) is 5.94. The molecule has 17 heavy (non-hydrogen) atoms. The smallest absolute Gasteiger partial charge is 0.156 e. The van der Waals surface area contributed by atoms with Crippen LogP contribution in [0, 0.1) is 3.57 Å². The van der Waals surface area contributed by atoms with E-state index in [2.05, 4.69) is 22.6 Å². The van der Waals surface area contributed by atoms with E-state index in [0.717, 1.165) is 5.56 Å². The van der Waals surface area contributed by atoms with Crippen molar-refractivity contribution in [1.82, 2.24) is 0 Å². The summed E-state index contributed by atoms with van der Waals surface area (Å²) >= 11 is 14.3. The molecule has 0 unspecified atom stereocenters. The van der Waals surface area contributed by atoms with Gasteiger partial charge in [-0.1, -0.05) is 41.4 Å². The number of benzene rings is 2. The fraction of sp³-hybridized carbons (Fsp3) is 0.0769. The van der Waals surface area contributed by atoms with E-state index in [1.807, 2.05) is 24.3 Å². The van der Waals surface area contributed by atoms with Crippen LogP contribution in [-0.4, -0.2) is 0 Å². The van der Waals surface area contributed by atoms with Gasteiger partial charge in [-0.3, -0.25) is 0 Å². The molecule has 0 aliphatic heterocycles. The fourth-order valence-electron chi connectivity index (χ4n) is 1.36. The van der Waals surface area contributed by atoms with E-state index in [1.54, 1.807) is 18.2 Å². The highest BCUT2D eigenvalue weighted by molar-refractivity contribution is 14.1. The van der Waals surface area contributed by atoms with E-state index in [1.165, 1.54) is 3.57 Å². The second-order valence-electron chi connectivity index (χ2n) is 3.47. The quantitative estimate of drug-likeness (QED) is 0.669. The van der Waals surface area contributed by atoms with Crippen LogP contribution in [0.3, 0.4) is 0 Å². The Kier molecular flexibility index (Phi) is 4.54. The average Bonchev–Trinajstić information content (AvgIpc) is 2.31. The number of ether oxygens (including phenoxy) is 1. The van der Waals surface area contributed by atoms with Gasteiger partial charge in [0.25, 0.3) is 0 Å². The Morgan fingerprint density at radius 1 is 0.941 bits per heavy atom. The summed E-state index contributed by atoms with van der Waals surface area (Å²) < 4.78 is 6.82. The van der Waals surface area contributed by atoms with Crippen molar-refractivity contribution < 1.29 is 4.74 Å². The molecule has 1 nitrogen and oxygen atoms in total. The Balaban J connectivity index is 2.10. The molecule has 0 amide bonds. The normalized spacial score (nSPS) is 10.3. The minimum atomic E-state index is 0.459. The topological polar surface area (TPSA) is 9.23 Å². The van der Waals surface area contributed by atoms with Gasteiger partial charge >= 0.3 is 0 Å². The maximum absolute atomic E-state index is 6.01. The summed E-state index contributed by atoms with van der Waals surface area (Å²) in [5.41, 5.74) is 1.08. The summed E-state index contributed by atoms with van der Waals surface area (Å²) in [4.78, 5) is 0. The second-order valence-corrected chi connectivity index (χ2v) is 5.53. The minimum absolute atomic E-state index is 0.459. The highest BCUT2D eigenvalue weighted by atomic mass is 127. The van der Waals surface area contributed by atoms with Gasteiger partial charge in [-0.2, -0.15) is 0 Å². The molecule has 0 aliphatic carbocycles. The summed E-state index contributed by atoms with van der Waals surface area (Å²) in [5, 5.41) is 1.06. The molecule has 0 atom stereocenters. The molecule has 2 aromatic rings. The maximum Gasteiger partial charge on any atom is 0.156 e. The van der Waals surface area contributed by atoms with Crippen LogP contribution in [0.25, 0.3) is 0 Å². The van der Waals surface area contributed by atoms with Gasteiger partial charge in [0.2, 0.25) is 0 Å². The summed E-state index contributed by atoms with van der Waals surface area (Å²) in [7, 11) is 0. The molecule has 0 saturated carbocycles. The summed E-state index contributed by atoms with van der Waals surface area (Å²) in [6.45, 7) is 0.459. The van der Waals surface area contributed by atoms with Crippen LogP contribution in [-0.2, 0) is 6.61 Å². The Bertz CT molecular complexity index is 491. The molecule has 0 aromatic heterocycles. The molecule has 0 N–H and O–H groups in total. The van der Waals surface area contributed by atoms with E-state index in [-0.39, 0.29) is 0 Å². The van der Waals surface area contributed by atoms with Crippen LogP contribution in [0.2, 0.25) is 10.0 Å². The van der Waals surface area contributed by atoms with Crippen molar-refractivity contribution >= 4 is 45.8 Å². The first-order valence-electron chi connectivity index (χ1n) is 4.98. The highest BCUT2D eigenvalue weighted by Crippen LogP contribution is 2.32. The van der Waals surface area contributed by atoms with Crippen LogP contribution < -0.4 is 4.74 Å². The van der Waals surface area contributed by atoms with Crippen molar-refractivity contribution in [3.05, 3.63) is 61.6 Å². The van der Waals surface area contributed by atoms with Crippen LogP contribution >= 0.6 is 45.8 Å². The third kappa shape index (κ3) is 3.50. The van der Waals surface area contributed by atoms with Crippen molar-refractivity contribution in [3.63, 3.8) is 0 Å². The first kappa shape index (κ1) is 13.0. The van der Waals surface area contributed by atoms with E-state index in [4.69, 9.17) is 27.9 Å². The summed E-state index contributed by atoms with van der Waals surface area (Å²) in [5.74, 6) is 0.536. The lowest BCUT2D eigenvalue weighted by Gasteiger charge is -2.09. The monoisotopic (exact) mass is 378 g/mol. The van der Waals surface area contributed by atoms with Crippen LogP contribution in [0.1, 0.15) is 5.56 Å². The molecular weight excluding hydrogens is 370 g/mol. The van der Waals surface area contributed by atoms with Crippen molar-refractivity contribution in [1.29, 1.82) is 0 Å². The number of halogens is 3. The molecule has 0 saturated heterocycles. The number of rotatable bonds is 3. The molecular formula is C13H9Cl2IO. The molecule has 88 valence electrons. The third-order valence-electron chi connectivity index (χ3n) is 2.22. The van der Waals surface area contributed by atoms with Gasteiger partial charge in [-0.05, 0) is 52.4 Å². The predicted octanol–water partition coefficient (Wildman–Crippen LogP) is 5.18. The van der Waals surface area contributed by atoms with Gasteiger partial charge in [-0.25, -0.2) is 0 Å². The van der Waals surface area contributed by atoms with Gasteiger partial charge in [-0.15, -0.1) is 0 Å². The molecule has 0 bridgehead atoms. The zero-order valence-electron chi connectivity index (χ0n) is 8.79. The van der Waals surface area contributed by atoms with E-state index in [0.29, 0.717) is 22.4 Å². The van der Waals surface area contributed by atoms with Crippen LogP contribution in [0.15, 0.2) is 42.5 Å². The van der Waals surface area contributed by atoms with Gasteiger partial charge in [0.05, 0.1) is 10.0 Å². The lowest BCUT2D eigenvalue weighted by Crippen LogP contribution is -1.96. The van der Waals surface area contributed by atoms with E-state index in [9.17, 15) is 0 Å². The lowest BCUT2D eigenvalue weighted by molar-refractivity contribution is 0.306. The summed E-state index contributed by atoms with van der Waals surface area (Å²) in [6, 6.07) is 13.4. The fourth-order valence-corrected chi connectivity index (χ4v) is 2.22. The number of hydrogen-bond acceptors (Lipinski definition) is 1. The zero-order valence-corrected chi connectivity index (χ0v) is 12.5. The van der Waals surface area contributed by atoms with E-state index >= 15 is 0 Å². The van der Waals surface area contributed by atoms with E-state index < -0.39 is 0 Å². The molecule has 0 aliphatic rings. The average molecular weight is 379 g/mol. The lowest BCUT2D eigenvalue weighted by atomic mass is 10.2. The SMILES string of the molecule is Clc1cccc(Cl)c1OCc1ccc(I)cc1. The largest absolute Gasteiger partial charge is 0.486 e. The predicted molar refractivity (Wildman–Crippen MR) is 80.0 cm³/mol. The Morgan fingerprint density at radius 2 is 1.53 bits per heavy atom. The van der Waals surface area contributed by atoms with Crippen LogP contribution in [0.4, 0.5) is 0 Å². The van der Waals surface area contributed by atoms with Crippen molar-refractivity contribution in [3.8, 4) is 5.75 Å². The van der Waals surface area contributed by atoms with Crippen molar-refractivity contribution in [2.75, 3.05) is 0 Å². The van der Waals surface area contributed by atoms with Crippen molar-refractivity contribution in [2.45, 2.75) is 6.61 Å². The minimum Gasteiger partial charge on any atom is -0.486 e. The maximum atomic E-state index is 6.01. The van der Waals surface area contributed by atoms with Crippen molar-refractivity contribution in [2.24, 2.45) is 0 Å². The molecule has 2 rings (SSSR count). The molecule has 4 heteroatoms. The molecule has 0 spiro atoms. The van der Waals surface area contributed by atoms with Gasteiger partial charge in [0.15, 0.2) is 5.75 Å². The van der Waals surface area contributed by atoms with Gasteiger partial charge in [0.1, 0.15) is 6.61 Å². The van der Waals surface area contributed by atoms with Gasteiger partial charge < -0.3 is 4.74 Å².